The van der Waals surface area contributed by atoms with Crippen LogP contribution in [0.4, 0.5) is 5.69 Å². The van der Waals surface area contributed by atoms with Crippen LogP contribution in [0.3, 0.4) is 0 Å². The summed E-state index contributed by atoms with van der Waals surface area (Å²) in [5, 5.41) is 3.25. The molecule has 0 aromatic heterocycles. The third kappa shape index (κ3) is 1.48. The standard InChI is InChI=1S/C10H12BrN/c11-7-12-10-5-4-8-2-1-3-9(8)6-10/h4-6,12H,1-3,7H2. The molecule has 12 heavy (non-hydrogen) atoms. The molecule has 1 aliphatic rings. The van der Waals surface area contributed by atoms with Crippen LogP contribution in [0.5, 0.6) is 0 Å². The van der Waals surface area contributed by atoms with Crippen molar-refractivity contribution in [2.75, 3.05) is 10.8 Å². The van der Waals surface area contributed by atoms with Crippen molar-refractivity contribution in [2.45, 2.75) is 19.3 Å². The first-order chi connectivity index (χ1) is 5.90. The summed E-state index contributed by atoms with van der Waals surface area (Å²) in [6, 6.07) is 6.67. The fourth-order valence-electron chi connectivity index (χ4n) is 1.76. The van der Waals surface area contributed by atoms with E-state index < -0.39 is 0 Å². The normalized spacial score (nSPS) is 14.4. The van der Waals surface area contributed by atoms with Crippen molar-refractivity contribution in [3.05, 3.63) is 29.3 Å². The third-order valence-electron chi connectivity index (χ3n) is 2.37. The summed E-state index contributed by atoms with van der Waals surface area (Å²) in [6.45, 7) is 0. The monoisotopic (exact) mass is 225 g/mol. The second-order valence-corrected chi connectivity index (χ2v) is 3.71. The Labute approximate surface area is 81.3 Å². The quantitative estimate of drug-likeness (QED) is 0.603. The molecule has 0 heterocycles. The third-order valence-corrected chi connectivity index (χ3v) is 2.65. The van der Waals surface area contributed by atoms with Crippen LogP contribution in [0.1, 0.15) is 17.5 Å². The highest BCUT2D eigenvalue weighted by Gasteiger charge is 2.09. The number of hydrogen-bond acceptors (Lipinski definition) is 1. The fraction of sp³-hybridized carbons (Fsp3) is 0.400. The van der Waals surface area contributed by atoms with Gasteiger partial charge in [0.2, 0.25) is 0 Å². The van der Waals surface area contributed by atoms with Crippen LogP contribution in [0.15, 0.2) is 18.2 Å². The molecule has 1 nitrogen and oxygen atoms in total. The van der Waals surface area contributed by atoms with Crippen LogP contribution in [0.2, 0.25) is 0 Å². The number of halogens is 1. The fourth-order valence-corrected chi connectivity index (χ4v) is 2.08. The molecule has 0 atom stereocenters. The van der Waals surface area contributed by atoms with E-state index in [1.807, 2.05) is 0 Å². The molecule has 0 radical (unpaired) electrons. The van der Waals surface area contributed by atoms with Crippen LogP contribution in [-0.4, -0.2) is 5.45 Å². The summed E-state index contributed by atoms with van der Waals surface area (Å²) >= 11 is 3.36. The molecule has 0 fully saturated rings. The minimum Gasteiger partial charge on any atom is -0.375 e. The lowest BCUT2D eigenvalue weighted by Crippen LogP contribution is -1.94. The predicted molar refractivity (Wildman–Crippen MR) is 55.9 cm³/mol. The summed E-state index contributed by atoms with van der Waals surface area (Å²) in [4.78, 5) is 0. The van der Waals surface area contributed by atoms with Gasteiger partial charge >= 0.3 is 0 Å². The van der Waals surface area contributed by atoms with E-state index in [0.29, 0.717) is 0 Å². The van der Waals surface area contributed by atoms with Crippen LogP contribution in [0, 0.1) is 0 Å². The number of alkyl halides is 1. The van der Waals surface area contributed by atoms with Gasteiger partial charge in [-0.05, 0) is 42.5 Å². The number of aryl methyl sites for hydroxylation is 2. The molecule has 0 amide bonds. The van der Waals surface area contributed by atoms with Crippen molar-refractivity contribution in [1.29, 1.82) is 0 Å². The smallest absolute Gasteiger partial charge is 0.0707 e. The highest BCUT2D eigenvalue weighted by atomic mass is 79.9. The highest BCUT2D eigenvalue weighted by molar-refractivity contribution is 9.09. The van der Waals surface area contributed by atoms with Crippen LogP contribution < -0.4 is 5.32 Å². The van der Waals surface area contributed by atoms with E-state index in [1.54, 1.807) is 0 Å². The van der Waals surface area contributed by atoms with E-state index >= 15 is 0 Å². The Bertz CT molecular complexity index is 283. The molecule has 2 rings (SSSR count). The summed E-state index contributed by atoms with van der Waals surface area (Å²) in [7, 11) is 0. The van der Waals surface area contributed by atoms with Crippen molar-refractivity contribution in [1.82, 2.24) is 0 Å². The van der Waals surface area contributed by atoms with Gasteiger partial charge in [0.25, 0.3) is 0 Å². The minimum atomic E-state index is 0.825. The predicted octanol–water partition coefficient (Wildman–Crippen LogP) is 2.94. The first-order valence-corrected chi connectivity index (χ1v) is 5.44. The van der Waals surface area contributed by atoms with E-state index in [0.717, 1.165) is 5.45 Å². The summed E-state index contributed by atoms with van der Waals surface area (Å²) in [5.41, 5.74) is 5.12. The molecule has 1 aromatic rings. The second kappa shape index (κ2) is 3.48. The van der Waals surface area contributed by atoms with Gasteiger partial charge in [-0.25, -0.2) is 0 Å². The summed E-state index contributed by atoms with van der Waals surface area (Å²) in [6.07, 6.45) is 3.85. The number of benzene rings is 1. The SMILES string of the molecule is BrCNc1ccc2c(c1)CCC2. The molecule has 0 saturated heterocycles. The van der Waals surface area contributed by atoms with Gasteiger partial charge in [0.15, 0.2) is 0 Å². The molecule has 0 unspecified atom stereocenters. The average Bonchev–Trinajstić information content (AvgIpc) is 2.51. The number of hydrogen-bond donors (Lipinski definition) is 1. The van der Waals surface area contributed by atoms with Crippen molar-refractivity contribution in [3.63, 3.8) is 0 Å². The number of rotatable bonds is 2. The van der Waals surface area contributed by atoms with E-state index in [2.05, 4.69) is 39.4 Å². The summed E-state index contributed by atoms with van der Waals surface area (Å²) in [5.74, 6) is 0. The molecule has 1 aromatic carbocycles. The zero-order chi connectivity index (χ0) is 8.39. The Balaban J connectivity index is 2.26. The van der Waals surface area contributed by atoms with Crippen molar-refractivity contribution >= 4 is 21.6 Å². The zero-order valence-electron chi connectivity index (χ0n) is 6.94. The Morgan fingerprint density at radius 3 is 2.92 bits per heavy atom. The van der Waals surface area contributed by atoms with Crippen molar-refractivity contribution < 1.29 is 0 Å². The van der Waals surface area contributed by atoms with Gasteiger partial charge in [-0.15, -0.1) is 0 Å². The Morgan fingerprint density at radius 2 is 2.08 bits per heavy atom. The average molecular weight is 226 g/mol. The van der Waals surface area contributed by atoms with Gasteiger partial charge in [0, 0.05) is 5.69 Å². The van der Waals surface area contributed by atoms with Crippen LogP contribution in [0.25, 0.3) is 0 Å². The van der Waals surface area contributed by atoms with E-state index in [4.69, 9.17) is 0 Å². The highest BCUT2D eigenvalue weighted by Crippen LogP contribution is 2.24. The molecule has 0 saturated carbocycles. The van der Waals surface area contributed by atoms with Crippen molar-refractivity contribution in [3.8, 4) is 0 Å². The molecule has 1 N–H and O–H groups in total. The Hall–Kier alpha value is -0.500. The van der Waals surface area contributed by atoms with E-state index in [9.17, 15) is 0 Å². The molecule has 0 spiro atoms. The Kier molecular flexibility index (Phi) is 2.35. The van der Waals surface area contributed by atoms with Gasteiger partial charge in [0.1, 0.15) is 0 Å². The van der Waals surface area contributed by atoms with Gasteiger partial charge in [-0.3, -0.25) is 0 Å². The van der Waals surface area contributed by atoms with Gasteiger partial charge in [-0.1, -0.05) is 22.0 Å². The maximum Gasteiger partial charge on any atom is 0.0707 e. The number of fused-ring (bicyclic) bond motifs is 1. The lowest BCUT2D eigenvalue weighted by atomic mass is 10.1. The molecule has 1 aliphatic carbocycles. The Morgan fingerprint density at radius 1 is 1.25 bits per heavy atom. The minimum absolute atomic E-state index is 0.825. The van der Waals surface area contributed by atoms with E-state index in [-0.39, 0.29) is 0 Å². The molecule has 0 bridgehead atoms. The number of anilines is 1. The largest absolute Gasteiger partial charge is 0.375 e. The molecule has 2 heteroatoms. The molecule has 0 aliphatic heterocycles. The lowest BCUT2D eigenvalue weighted by Gasteiger charge is -2.04. The first-order valence-electron chi connectivity index (χ1n) is 4.32. The van der Waals surface area contributed by atoms with Crippen LogP contribution in [-0.2, 0) is 12.8 Å². The van der Waals surface area contributed by atoms with Crippen molar-refractivity contribution in [2.24, 2.45) is 0 Å². The zero-order valence-corrected chi connectivity index (χ0v) is 8.52. The van der Waals surface area contributed by atoms with Gasteiger partial charge < -0.3 is 5.32 Å². The second-order valence-electron chi connectivity index (χ2n) is 3.15. The van der Waals surface area contributed by atoms with Crippen LogP contribution >= 0.6 is 15.9 Å². The van der Waals surface area contributed by atoms with Gasteiger partial charge in [0.05, 0.1) is 5.45 Å². The first kappa shape index (κ1) is 8.11. The molecule has 64 valence electrons. The van der Waals surface area contributed by atoms with Gasteiger partial charge in [-0.2, -0.15) is 0 Å². The van der Waals surface area contributed by atoms with E-state index in [1.165, 1.54) is 36.1 Å². The molecular weight excluding hydrogens is 214 g/mol. The number of nitrogens with one attached hydrogen (secondary N) is 1. The topological polar surface area (TPSA) is 12.0 Å². The lowest BCUT2D eigenvalue weighted by molar-refractivity contribution is 0.912. The maximum atomic E-state index is 3.36. The maximum absolute atomic E-state index is 3.36. The molecular formula is C10H12BrN. The summed E-state index contributed by atoms with van der Waals surface area (Å²) < 4.78 is 0.